The zero-order chi connectivity index (χ0) is 17.1. The number of ether oxygens (including phenoxy) is 1. The first-order valence-corrected chi connectivity index (χ1v) is 9.99. The highest BCUT2D eigenvalue weighted by atomic mass is 16.5. The second-order valence-corrected chi connectivity index (χ2v) is 7.79. The molecule has 0 bridgehead atoms. The van der Waals surface area contributed by atoms with Gasteiger partial charge in [0.15, 0.2) is 0 Å². The molecule has 3 heterocycles. The molecule has 3 aliphatic heterocycles. The zero-order valence-electron chi connectivity index (χ0n) is 15.1. The minimum atomic E-state index is 0.193. The van der Waals surface area contributed by atoms with Crippen molar-refractivity contribution < 1.29 is 9.53 Å². The third-order valence-corrected chi connectivity index (χ3v) is 6.24. The van der Waals surface area contributed by atoms with E-state index in [1.54, 1.807) is 0 Å². The average molecular weight is 342 g/mol. The van der Waals surface area contributed by atoms with E-state index in [0.29, 0.717) is 18.0 Å². The lowest BCUT2D eigenvalue weighted by molar-refractivity contribution is -0.140. The molecule has 0 N–H and O–H groups in total. The molecule has 4 rings (SSSR count). The highest BCUT2D eigenvalue weighted by Gasteiger charge is 2.41. The summed E-state index contributed by atoms with van der Waals surface area (Å²) in [5.41, 5.74) is 1.38. The Morgan fingerprint density at radius 2 is 1.68 bits per heavy atom. The van der Waals surface area contributed by atoms with Crippen LogP contribution in [-0.4, -0.2) is 54.1 Å². The fourth-order valence-electron chi connectivity index (χ4n) is 4.95. The minimum absolute atomic E-state index is 0.193. The Kier molecular flexibility index (Phi) is 5.37. The van der Waals surface area contributed by atoms with E-state index >= 15 is 0 Å². The van der Waals surface area contributed by atoms with Gasteiger partial charge in [0.05, 0.1) is 0 Å². The molecule has 0 aliphatic carbocycles. The fraction of sp³-hybridized carbons (Fsp3) is 0.667. The van der Waals surface area contributed by atoms with Gasteiger partial charge in [0, 0.05) is 44.3 Å². The molecular weight excluding hydrogens is 312 g/mol. The second kappa shape index (κ2) is 7.88. The predicted octanol–water partition coefficient (Wildman–Crippen LogP) is 3.07. The minimum Gasteiger partial charge on any atom is -0.381 e. The van der Waals surface area contributed by atoms with E-state index in [0.717, 1.165) is 52.1 Å². The molecule has 3 fully saturated rings. The molecule has 1 aromatic carbocycles. The fourth-order valence-corrected chi connectivity index (χ4v) is 4.95. The molecule has 3 aliphatic rings. The van der Waals surface area contributed by atoms with Gasteiger partial charge in [-0.1, -0.05) is 30.3 Å². The molecule has 0 aromatic heterocycles. The van der Waals surface area contributed by atoms with E-state index in [1.807, 2.05) is 0 Å². The van der Waals surface area contributed by atoms with Crippen LogP contribution in [0.3, 0.4) is 0 Å². The molecule has 4 heteroatoms. The van der Waals surface area contributed by atoms with E-state index in [-0.39, 0.29) is 5.92 Å². The Bertz CT molecular complexity index is 571. The molecule has 0 unspecified atom stereocenters. The Morgan fingerprint density at radius 1 is 0.960 bits per heavy atom. The van der Waals surface area contributed by atoms with Crippen LogP contribution in [-0.2, 0) is 16.1 Å². The molecule has 136 valence electrons. The Hall–Kier alpha value is -1.39. The van der Waals surface area contributed by atoms with E-state index in [2.05, 4.69) is 40.1 Å². The van der Waals surface area contributed by atoms with Gasteiger partial charge in [-0.15, -0.1) is 0 Å². The first-order valence-electron chi connectivity index (χ1n) is 9.99. The van der Waals surface area contributed by atoms with Crippen molar-refractivity contribution in [2.24, 2.45) is 5.92 Å². The summed E-state index contributed by atoms with van der Waals surface area (Å²) in [4.78, 5) is 17.9. The van der Waals surface area contributed by atoms with E-state index in [9.17, 15) is 4.79 Å². The first-order chi connectivity index (χ1) is 12.3. The van der Waals surface area contributed by atoms with Crippen molar-refractivity contribution in [2.45, 2.75) is 57.2 Å². The van der Waals surface area contributed by atoms with E-state index in [4.69, 9.17) is 4.74 Å². The maximum atomic E-state index is 13.1. The van der Waals surface area contributed by atoms with Crippen molar-refractivity contribution in [1.29, 1.82) is 0 Å². The van der Waals surface area contributed by atoms with Crippen LogP contribution in [0.2, 0.25) is 0 Å². The Labute approximate surface area is 151 Å². The largest absolute Gasteiger partial charge is 0.381 e. The smallest absolute Gasteiger partial charge is 0.226 e. The number of likely N-dealkylation sites (tertiary alicyclic amines) is 2. The maximum Gasteiger partial charge on any atom is 0.226 e. The predicted molar refractivity (Wildman–Crippen MR) is 98.2 cm³/mol. The first kappa shape index (κ1) is 17.0. The van der Waals surface area contributed by atoms with Crippen LogP contribution in [0.4, 0.5) is 0 Å². The summed E-state index contributed by atoms with van der Waals surface area (Å²) in [5, 5.41) is 0. The van der Waals surface area contributed by atoms with Gasteiger partial charge >= 0.3 is 0 Å². The van der Waals surface area contributed by atoms with Crippen LogP contribution in [0, 0.1) is 5.92 Å². The van der Waals surface area contributed by atoms with Crippen molar-refractivity contribution >= 4 is 5.91 Å². The van der Waals surface area contributed by atoms with E-state index < -0.39 is 0 Å². The lowest BCUT2D eigenvalue weighted by atomic mass is 9.96. The van der Waals surface area contributed by atoms with Crippen LogP contribution in [0.1, 0.15) is 44.1 Å². The summed E-state index contributed by atoms with van der Waals surface area (Å²) in [6.07, 6.45) is 6.63. The van der Waals surface area contributed by atoms with Gasteiger partial charge < -0.3 is 9.64 Å². The molecular formula is C21H30N2O2. The van der Waals surface area contributed by atoms with Crippen molar-refractivity contribution in [1.82, 2.24) is 9.80 Å². The number of hydrogen-bond donors (Lipinski definition) is 0. The quantitative estimate of drug-likeness (QED) is 0.843. The lowest BCUT2D eigenvalue weighted by Gasteiger charge is -2.37. The summed E-state index contributed by atoms with van der Waals surface area (Å²) < 4.78 is 5.44. The number of rotatable bonds is 4. The summed E-state index contributed by atoms with van der Waals surface area (Å²) in [5.74, 6) is 0.593. The molecule has 3 saturated heterocycles. The summed E-state index contributed by atoms with van der Waals surface area (Å²) in [6.45, 7) is 4.63. The Morgan fingerprint density at radius 3 is 2.48 bits per heavy atom. The lowest BCUT2D eigenvalue weighted by Crippen LogP contribution is -2.50. The van der Waals surface area contributed by atoms with Crippen LogP contribution in [0.5, 0.6) is 0 Å². The van der Waals surface area contributed by atoms with E-state index in [1.165, 1.54) is 24.8 Å². The standard InChI is InChI=1S/C21H30N2O2/c24-21(18-10-14-25-15-11-18)23-13-5-9-20(23)19-8-4-12-22(19)16-17-6-2-1-3-7-17/h1-3,6-7,18-20H,4-5,8-16H2/t19-,20-/m1/s1. The SMILES string of the molecule is O=C(C1CCOCC1)N1CCC[C@@H]1[C@H]1CCCN1Cc1ccccc1. The van der Waals surface area contributed by atoms with Crippen molar-refractivity contribution in [3.05, 3.63) is 35.9 Å². The average Bonchev–Trinajstić information content (AvgIpc) is 3.31. The second-order valence-electron chi connectivity index (χ2n) is 7.79. The Balaban J connectivity index is 1.44. The number of nitrogens with zero attached hydrogens (tertiary/aromatic N) is 2. The van der Waals surface area contributed by atoms with Gasteiger partial charge in [-0.3, -0.25) is 9.69 Å². The van der Waals surface area contributed by atoms with Crippen LogP contribution in [0.25, 0.3) is 0 Å². The van der Waals surface area contributed by atoms with Crippen molar-refractivity contribution in [3.63, 3.8) is 0 Å². The van der Waals surface area contributed by atoms with Gasteiger partial charge in [-0.2, -0.15) is 0 Å². The molecule has 1 amide bonds. The summed E-state index contributed by atoms with van der Waals surface area (Å²) >= 11 is 0. The molecule has 2 atom stereocenters. The van der Waals surface area contributed by atoms with Gasteiger partial charge in [0.1, 0.15) is 0 Å². The molecule has 1 aromatic rings. The zero-order valence-corrected chi connectivity index (χ0v) is 15.1. The highest BCUT2D eigenvalue weighted by molar-refractivity contribution is 5.79. The number of carbonyl (C=O) groups is 1. The maximum absolute atomic E-state index is 13.1. The summed E-state index contributed by atoms with van der Waals surface area (Å²) in [6, 6.07) is 11.7. The van der Waals surface area contributed by atoms with Crippen LogP contribution < -0.4 is 0 Å². The number of benzene rings is 1. The summed E-state index contributed by atoms with van der Waals surface area (Å²) in [7, 11) is 0. The molecule has 0 spiro atoms. The number of hydrogen-bond acceptors (Lipinski definition) is 3. The highest BCUT2D eigenvalue weighted by Crippen LogP contribution is 2.33. The van der Waals surface area contributed by atoms with Crippen molar-refractivity contribution in [2.75, 3.05) is 26.3 Å². The third-order valence-electron chi connectivity index (χ3n) is 6.24. The van der Waals surface area contributed by atoms with Gasteiger partial charge in [0.2, 0.25) is 5.91 Å². The van der Waals surface area contributed by atoms with Crippen LogP contribution in [0.15, 0.2) is 30.3 Å². The monoisotopic (exact) mass is 342 g/mol. The topological polar surface area (TPSA) is 32.8 Å². The number of carbonyl (C=O) groups excluding carboxylic acids is 1. The van der Waals surface area contributed by atoms with Gasteiger partial charge in [-0.25, -0.2) is 0 Å². The van der Waals surface area contributed by atoms with Gasteiger partial charge in [-0.05, 0) is 50.6 Å². The molecule has 25 heavy (non-hydrogen) atoms. The normalized spacial score (nSPS) is 28.6. The molecule has 0 radical (unpaired) electrons. The van der Waals surface area contributed by atoms with Crippen LogP contribution >= 0.6 is 0 Å². The van der Waals surface area contributed by atoms with Crippen molar-refractivity contribution in [3.8, 4) is 0 Å². The number of amides is 1. The third kappa shape index (κ3) is 3.75. The molecule has 0 saturated carbocycles. The van der Waals surface area contributed by atoms with Gasteiger partial charge in [0.25, 0.3) is 0 Å². The molecule has 4 nitrogen and oxygen atoms in total.